The van der Waals surface area contributed by atoms with Crippen LogP contribution >= 0.6 is 0 Å². The molecule has 0 bridgehead atoms. The average molecular weight is 390 g/mol. The zero-order valence-electron chi connectivity index (χ0n) is 16.9. The van der Waals surface area contributed by atoms with Gasteiger partial charge >= 0.3 is 0 Å². The Balaban J connectivity index is 1.40. The Bertz CT molecular complexity index is 997. The second-order valence-corrected chi connectivity index (χ2v) is 7.73. The Hall–Kier alpha value is -3.15. The topological polar surface area (TPSA) is 58.6 Å². The Morgan fingerprint density at radius 3 is 2.55 bits per heavy atom. The number of para-hydroxylation sites is 2. The first-order valence-electron chi connectivity index (χ1n) is 10.1. The molecule has 6 nitrogen and oxygen atoms in total. The predicted octanol–water partition coefficient (Wildman–Crippen LogP) is 3.63. The number of amides is 1. The third-order valence-electron chi connectivity index (χ3n) is 4.99. The molecule has 1 amide bonds. The van der Waals surface area contributed by atoms with Gasteiger partial charge in [0.1, 0.15) is 11.6 Å². The highest BCUT2D eigenvalue weighted by molar-refractivity contribution is 5.94. The van der Waals surface area contributed by atoms with Crippen LogP contribution in [0.5, 0.6) is 5.75 Å². The number of aromatic nitrogens is 2. The van der Waals surface area contributed by atoms with E-state index >= 15 is 0 Å². The number of piperazine rings is 1. The minimum absolute atomic E-state index is 0.0456. The van der Waals surface area contributed by atoms with E-state index < -0.39 is 0 Å². The van der Waals surface area contributed by atoms with Gasteiger partial charge in [0.15, 0.2) is 0 Å². The van der Waals surface area contributed by atoms with E-state index in [0.29, 0.717) is 31.2 Å². The molecule has 29 heavy (non-hydrogen) atoms. The highest BCUT2D eigenvalue weighted by Gasteiger charge is 2.23. The van der Waals surface area contributed by atoms with Crippen molar-refractivity contribution in [1.82, 2.24) is 14.9 Å². The molecule has 3 aromatic rings. The molecule has 0 spiro atoms. The summed E-state index contributed by atoms with van der Waals surface area (Å²) in [4.78, 5) is 26.2. The van der Waals surface area contributed by atoms with Gasteiger partial charge in [0.25, 0.3) is 5.91 Å². The van der Waals surface area contributed by atoms with Gasteiger partial charge in [0.2, 0.25) is 0 Å². The summed E-state index contributed by atoms with van der Waals surface area (Å²) in [6.45, 7) is 7.64. The van der Waals surface area contributed by atoms with Crippen molar-refractivity contribution in [1.29, 1.82) is 0 Å². The minimum atomic E-state index is 0.0456. The first-order chi connectivity index (χ1) is 14.1. The Kier molecular flexibility index (Phi) is 5.60. The van der Waals surface area contributed by atoms with Gasteiger partial charge < -0.3 is 14.5 Å². The minimum Gasteiger partial charge on any atom is -0.493 e. The summed E-state index contributed by atoms with van der Waals surface area (Å²) in [5, 5.41) is 0. The number of nitrogens with zero attached hydrogens (tertiary/aromatic N) is 4. The molecule has 2 heterocycles. The van der Waals surface area contributed by atoms with Crippen molar-refractivity contribution < 1.29 is 9.53 Å². The Morgan fingerprint density at radius 2 is 1.79 bits per heavy atom. The van der Waals surface area contributed by atoms with Gasteiger partial charge in [-0.1, -0.05) is 32.0 Å². The number of rotatable bonds is 5. The SMILES string of the molecule is CC(C)COc1cccc(C(=O)N2CCN(c3cnc4ccccc4n3)CC2)c1. The van der Waals surface area contributed by atoms with Crippen molar-refractivity contribution in [3.63, 3.8) is 0 Å². The van der Waals surface area contributed by atoms with Gasteiger partial charge in [-0.3, -0.25) is 9.78 Å². The van der Waals surface area contributed by atoms with E-state index in [2.05, 4.69) is 23.7 Å². The van der Waals surface area contributed by atoms with Crippen LogP contribution in [0, 0.1) is 5.92 Å². The second-order valence-electron chi connectivity index (χ2n) is 7.73. The molecule has 4 rings (SSSR count). The van der Waals surface area contributed by atoms with E-state index in [-0.39, 0.29) is 5.91 Å². The van der Waals surface area contributed by atoms with E-state index in [1.54, 1.807) is 0 Å². The van der Waals surface area contributed by atoms with Crippen LogP contribution in [-0.4, -0.2) is 53.6 Å². The number of fused-ring (bicyclic) bond motifs is 1. The van der Waals surface area contributed by atoms with Crippen molar-refractivity contribution >= 4 is 22.8 Å². The molecule has 0 aliphatic carbocycles. The molecule has 0 atom stereocenters. The number of carbonyl (C=O) groups excluding carboxylic acids is 1. The standard InChI is InChI=1S/C23H26N4O2/c1-17(2)16-29-19-7-5-6-18(14-19)23(28)27-12-10-26(11-13-27)22-15-24-20-8-3-4-9-21(20)25-22/h3-9,14-15,17H,10-13,16H2,1-2H3. The number of ether oxygens (including phenoxy) is 1. The average Bonchev–Trinajstić information content (AvgIpc) is 2.77. The summed E-state index contributed by atoms with van der Waals surface area (Å²) in [6, 6.07) is 15.3. The van der Waals surface area contributed by atoms with Crippen LogP contribution < -0.4 is 9.64 Å². The lowest BCUT2D eigenvalue weighted by atomic mass is 10.1. The number of hydrogen-bond acceptors (Lipinski definition) is 5. The highest BCUT2D eigenvalue weighted by atomic mass is 16.5. The smallest absolute Gasteiger partial charge is 0.254 e. The fourth-order valence-electron chi connectivity index (χ4n) is 3.40. The molecule has 1 aromatic heterocycles. The number of benzene rings is 2. The van der Waals surface area contributed by atoms with Crippen LogP contribution in [-0.2, 0) is 0 Å². The molecule has 0 saturated carbocycles. The zero-order valence-corrected chi connectivity index (χ0v) is 16.9. The molecule has 2 aromatic carbocycles. The summed E-state index contributed by atoms with van der Waals surface area (Å²) in [6.07, 6.45) is 1.81. The molecule has 1 aliphatic rings. The van der Waals surface area contributed by atoms with Crippen LogP contribution in [0.3, 0.4) is 0 Å². The first kappa shape index (κ1) is 19.2. The molecular formula is C23H26N4O2. The maximum atomic E-state index is 12.9. The van der Waals surface area contributed by atoms with Crippen LogP contribution in [0.1, 0.15) is 24.2 Å². The van der Waals surface area contributed by atoms with Gasteiger partial charge in [-0.25, -0.2) is 4.98 Å². The molecular weight excluding hydrogens is 364 g/mol. The lowest BCUT2D eigenvalue weighted by Crippen LogP contribution is -2.49. The van der Waals surface area contributed by atoms with Crippen molar-refractivity contribution in [3.8, 4) is 5.75 Å². The third-order valence-corrected chi connectivity index (χ3v) is 4.99. The quantitative estimate of drug-likeness (QED) is 0.666. The largest absolute Gasteiger partial charge is 0.493 e. The van der Waals surface area contributed by atoms with Gasteiger partial charge in [-0.05, 0) is 36.2 Å². The molecule has 6 heteroatoms. The normalized spacial score (nSPS) is 14.4. The molecule has 1 aliphatic heterocycles. The van der Waals surface area contributed by atoms with E-state index in [0.717, 1.165) is 35.7 Å². The lowest BCUT2D eigenvalue weighted by molar-refractivity contribution is 0.0746. The lowest BCUT2D eigenvalue weighted by Gasteiger charge is -2.35. The van der Waals surface area contributed by atoms with E-state index in [1.807, 2.05) is 59.6 Å². The monoisotopic (exact) mass is 390 g/mol. The predicted molar refractivity (Wildman–Crippen MR) is 114 cm³/mol. The number of carbonyl (C=O) groups is 1. The van der Waals surface area contributed by atoms with Crippen molar-refractivity contribution in [2.24, 2.45) is 5.92 Å². The van der Waals surface area contributed by atoms with Crippen LogP contribution in [0.25, 0.3) is 11.0 Å². The van der Waals surface area contributed by atoms with Gasteiger partial charge in [-0.15, -0.1) is 0 Å². The van der Waals surface area contributed by atoms with Crippen LogP contribution in [0.4, 0.5) is 5.82 Å². The molecule has 1 fully saturated rings. The maximum Gasteiger partial charge on any atom is 0.254 e. The van der Waals surface area contributed by atoms with Gasteiger partial charge in [0, 0.05) is 31.7 Å². The summed E-state index contributed by atoms with van der Waals surface area (Å²) < 4.78 is 5.76. The first-order valence-corrected chi connectivity index (χ1v) is 10.1. The van der Waals surface area contributed by atoms with E-state index in [4.69, 9.17) is 9.72 Å². The molecule has 0 radical (unpaired) electrons. The highest BCUT2D eigenvalue weighted by Crippen LogP contribution is 2.19. The third kappa shape index (κ3) is 4.47. The zero-order chi connectivity index (χ0) is 20.2. The fourth-order valence-corrected chi connectivity index (χ4v) is 3.40. The Labute approximate surface area is 171 Å². The molecule has 150 valence electrons. The number of hydrogen-bond donors (Lipinski definition) is 0. The summed E-state index contributed by atoms with van der Waals surface area (Å²) in [5.41, 5.74) is 2.46. The number of anilines is 1. The molecule has 0 unspecified atom stereocenters. The summed E-state index contributed by atoms with van der Waals surface area (Å²) in [5.74, 6) is 2.10. The van der Waals surface area contributed by atoms with Crippen molar-refractivity contribution in [2.75, 3.05) is 37.7 Å². The van der Waals surface area contributed by atoms with E-state index in [9.17, 15) is 4.79 Å². The van der Waals surface area contributed by atoms with Crippen LogP contribution in [0.15, 0.2) is 54.7 Å². The van der Waals surface area contributed by atoms with Crippen molar-refractivity contribution in [2.45, 2.75) is 13.8 Å². The molecule has 0 N–H and O–H groups in total. The Morgan fingerprint density at radius 1 is 1.03 bits per heavy atom. The van der Waals surface area contributed by atoms with Gasteiger partial charge in [-0.2, -0.15) is 0 Å². The van der Waals surface area contributed by atoms with Gasteiger partial charge in [0.05, 0.1) is 23.8 Å². The maximum absolute atomic E-state index is 12.9. The van der Waals surface area contributed by atoms with E-state index in [1.165, 1.54) is 0 Å². The van der Waals surface area contributed by atoms with Crippen LogP contribution in [0.2, 0.25) is 0 Å². The fraction of sp³-hybridized carbons (Fsp3) is 0.348. The summed E-state index contributed by atoms with van der Waals surface area (Å²) in [7, 11) is 0. The molecule has 1 saturated heterocycles. The summed E-state index contributed by atoms with van der Waals surface area (Å²) >= 11 is 0. The van der Waals surface area contributed by atoms with Crippen molar-refractivity contribution in [3.05, 3.63) is 60.3 Å². The second kappa shape index (κ2) is 8.47.